The second-order valence-corrected chi connectivity index (χ2v) is 11.8. The van der Waals surface area contributed by atoms with Gasteiger partial charge in [0, 0.05) is 46.1 Å². The molecular weight excluding hydrogens is 564 g/mol. The van der Waals surface area contributed by atoms with Gasteiger partial charge in [-0.15, -0.1) is 0 Å². The van der Waals surface area contributed by atoms with Gasteiger partial charge in [0.2, 0.25) is 5.91 Å². The van der Waals surface area contributed by atoms with Crippen molar-refractivity contribution < 1.29 is 4.79 Å². The lowest BCUT2D eigenvalue weighted by Gasteiger charge is -2.36. The van der Waals surface area contributed by atoms with Gasteiger partial charge in [0.05, 0.1) is 5.69 Å². The van der Waals surface area contributed by atoms with Crippen molar-refractivity contribution in [3.63, 3.8) is 0 Å². The highest BCUT2D eigenvalue weighted by molar-refractivity contribution is 9.10. The third kappa shape index (κ3) is 6.21. The second kappa shape index (κ2) is 11.7. The number of nitrogens with zero attached hydrogens (tertiary/aromatic N) is 2. The van der Waals surface area contributed by atoms with E-state index < -0.39 is 0 Å². The molecule has 1 aliphatic heterocycles. The average molecular weight is 597 g/mol. The molecule has 0 spiro atoms. The summed E-state index contributed by atoms with van der Waals surface area (Å²) in [6, 6.07) is 6.32. The standard InChI is InChI=1S/C21H21Br2ClN2O.C6H12/c1-12(27)26-6-4-13(5-7-26)20-19-14(9-17(24)10-18(19)23)2-3-15-8-16(22)11-25-21(15)20;1-2-4-6-5-3-1/h8-11,13,20H,2-7H2,1H3;1-6H2/t20-;/m1./s1. The quantitative estimate of drug-likeness (QED) is 0.333. The van der Waals surface area contributed by atoms with Gasteiger partial charge in [-0.1, -0.05) is 66.1 Å². The topological polar surface area (TPSA) is 33.2 Å². The largest absolute Gasteiger partial charge is 0.343 e. The van der Waals surface area contributed by atoms with E-state index in [0.29, 0.717) is 5.92 Å². The third-order valence-corrected chi connectivity index (χ3v) is 8.68. The van der Waals surface area contributed by atoms with Crippen molar-refractivity contribution >= 4 is 49.4 Å². The number of fused-ring (bicyclic) bond motifs is 2. The van der Waals surface area contributed by atoms with E-state index in [-0.39, 0.29) is 11.8 Å². The lowest BCUT2D eigenvalue weighted by molar-refractivity contribution is -0.130. The Kier molecular flexibility index (Phi) is 8.92. The lowest BCUT2D eigenvalue weighted by atomic mass is 9.76. The molecule has 0 N–H and O–H groups in total. The van der Waals surface area contributed by atoms with Gasteiger partial charge < -0.3 is 4.90 Å². The van der Waals surface area contributed by atoms with Crippen LogP contribution in [0.25, 0.3) is 0 Å². The van der Waals surface area contributed by atoms with Crippen LogP contribution in [0.2, 0.25) is 5.02 Å². The van der Waals surface area contributed by atoms with Crippen LogP contribution in [0.5, 0.6) is 0 Å². The first-order valence-corrected chi connectivity index (χ1v) is 14.3. The van der Waals surface area contributed by atoms with Gasteiger partial charge in [0.15, 0.2) is 0 Å². The van der Waals surface area contributed by atoms with Crippen LogP contribution >= 0.6 is 43.5 Å². The summed E-state index contributed by atoms with van der Waals surface area (Å²) in [5.74, 6) is 0.860. The Morgan fingerprint density at radius 2 is 1.58 bits per heavy atom. The van der Waals surface area contributed by atoms with Crippen molar-refractivity contribution in [2.45, 2.75) is 77.0 Å². The predicted octanol–water partition coefficient (Wildman–Crippen LogP) is 8.09. The average Bonchev–Trinajstić information content (AvgIpc) is 2.97. The van der Waals surface area contributed by atoms with Crippen molar-refractivity contribution in [3.05, 3.63) is 60.7 Å². The summed E-state index contributed by atoms with van der Waals surface area (Å²) >= 11 is 13.7. The summed E-state index contributed by atoms with van der Waals surface area (Å²) in [4.78, 5) is 18.6. The molecule has 2 heterocycles. The molecule has 6 heteroatoms. The SMILES string of the molecule is C1CCCCC1.CC(=O)N1CCC([C@H]2c3ncc(Br)cc3CCc3cc(Cl)cc(Br)c32)CC1. The van der Waals surface area contributed by atoms with Crippen LogP contribution in [-0.4, -0.2) is 28.9 Å². The van der Waals surface area contributed by atoms with Gasteiger partial charge in [-0.05, 0) is 82.4 Å². The molecule has 2 aliphatic carbocycles. The van der Waals surface area contributed by atoms with Gasteiger partial charge in [0.25, 0.3) is 0 Å². The third-order valence-electron chi connectivity index (χ3n) is 7.37. The van der Waals surface area contributed by atoms with E-state index in [0.717, 1.165) is 52.7 Å². The smallest absolute Gasteiger partial charge is 0.219 e. The first-order chi connectivity index (χ1) is 15.9. The van der Waals surface area contributed by atoms with Crippen LogP contribution in [0, 0.1) is 5.92 Å². The molecule has 33 heavy (non-hydrogen) atoms. The van der Waals surface area contributed by atoms with Crippen LogP contribution in [0.3, 0.4) is 0 Å². The number of carbonyl (C=O) groups is 1. The zero-order chi connectivity index (χ0) is 23.4. The van der Waals surface area contributed by atoms with Crippen LogP contribution < -0.4 is 0 Å². The zero-order valence-electron chi connectivity index (χ0n) is 19.4. The molecule has 2 aromatic rings. The maximum Gasteiger partial charge on any atom is 0.219 e. The van der Waals surface area contributed by atoms with Crippen molar-refractivity contribution in [2.24, 2.45) is 5.92 Å². The summed E-state index contributed by atoms with van der Waals surface area (Å²) in [6.45, 7) is 3.31. The first-order valence-electron chi connectivity index (χ1n) is 12.3. The van der Waals surface area contributed by atoms with E-state index in [9.17, 15) is 4.79 Å². The maximum absolute atomic E-state index is 11.7. The Labute approximate surface area is 219 Å². The van der Waals surface area contributed by atoms with Crippen LogP contribution in [0.15, 0.2) is 33.3 Å². The highest BCUT2D eigenvalue weighted by atomic mass is 79.9. The molecule has 1 saturated heterocycles. The van der Waals surface area contributed by atoms with Crippen LogP contribution in [0.1, 0.15) is 86.6 Å². The molecule has 1 atom stereocenters. The fourth-order valence-electron chi connectivity index (χ4n) is 5.64. The van der Waals surface area contributed by atoms with E-state index >= 15 is 0 Å². The number of hydrogen-bond donors (Lipinski definition) is 0. The highest BCUT2D eigenvalue weighted by Crippen LogP contribution is 2.46. The second-order valence-electron chi connectivity index (χ2n) is 9.60. The first kappa shape index (κ1) is 25.2. The lowest BCUT2D eigenvalue weighted by Crippen LogP contribution is -2.39. The molecule has 1 amide bonds. The molecule has 0 radical (unpaired) electrons. The zero-order valence-corrected chi connectivity index (χ0v) is 23.3. The fourth-order valence-corrected chi connectivity index (χ4v) is 7.14. The summed E-state index contributed by atoms with van der Waals surface area (Å²) in [5.41, 5.74) is 5.13. The van der Waals surface area contributed by atoms with Gasteiger partial charge in [0.1, 0.15) is 0 Å². The van der Waals surface area contributed by atoms with E-state index in [2.05, 4.69) is 44.0 Å². The summed E-state index contributed by atoms with van der Waals surface area (Å²) in [7, 11) is 0. The van der Waals surface area contributed by atoms with Gasteiger partial charge in [-0.25, -0.2) is 0 Å². The van der Waals surface area contributed by atoms with Crippen molar-refractivity contribution in [1.82, 2.24) is 9.88 Å². The number of benzene rings is 1. The van der Waals surface area contributed by atoms with Crippen molar-refractivity contribution in [2.75, 3.05) is 13.1 Å². The van der Waals surface area contributed by atoms with E-state index in [4.69, 9.17) is 16.6 Å². The number of halogens is 3. The number of carbonyl (C=O) groups excluding carboxylic acids is 1. The molecular formula is C27H33Br2ClN2O. The summed E-state index contributed by atoms with van der Waals surface area (Å²) in [6.07, 6.45) is 14.8. The molecule has 0 bridgehead atoms. The number of likely N-dealkylation sites (tertiary alicyclic amines) is 1. The fraction of sp³-hybridized carbons (Fsp3) is 0.556. The summed E-state index contributed by atoms with van der Waals surface area (Å²) < 4.78 is 2.09. The predicted molar refractivity (Wildman–Crippen MR) is 143 cm³/mol. The van der Waals surface area contributed by atoms with Crippen LogP contribution in [-0.2, 0) is 17.6 Å². The maximum atomic E-state index is 11.7. The molecule has 2 fully saturated rings. The minimum atomic E-state index is 0.171. The number of hydrogen-bond acceptors (Lipinski definition) is 2. The Bertz CT molecular complexity index is 973. The monoisotopic (exact) mass is 594 g/mol. The number of aromatic nitrogens is 1. The van der Waals surface area contributed by atoms with Gasteiger partial charge in [-0.2, -0.15) is 0 Å². The molecule has 178 valence electrons. The Hall–Kier alpha value is -0.910. The molecule has 1 aromatic heterocycles. The molecule has 3 nitrogen and oxygen atoms in total. The minimum Gasteiger partial charge on any atom is -0.343 e. The molecule has 3 aliphatic rings. The van der Waals surface area contributed by atoms with Gasteiger partial charge in [-0.3, -0.25) is 9.78 Å². The van der Waals surface area contributed by atoms with E-state index in [1.165, 1.54) is 60.9 Å². The van der Waals surface area contributed by atoms with Gasteiger partial charge >= 0.3 is 0 Å². The van der Waals surface area contributed by atoms with Crippen molar-refractivity contribution in [3.8, 4) is 0 Å². The normalized spacial score (nSPS) is 20.7. The Balaban J connectivity index is 0.000000376. The van der Waals surface area contributed by atoms with E-state index in [1.54, 1.807) is 6.92 Å². The number of amides is 1. The molecule has 1 aromatic carbocycles. The number of aryl methyl sites for hydroxylation is 2. The summed E-state index contributed by atoms with van der Waals surface area (Å²) in [5, 5.41) is 0.769. The number of piperidine rings is 1. The molecule has 5 rings (SSSR count). The highest BCUT2D eigenvalue weighted by Gasteiger charge is 2.35. The Morgan fingerprint density at radius 3 is 2.18 bits per heavy atom. The van der Waals surface area contributed by atoms with Crippen LogP contribution in [0.4, 0.5) is 0 Å². The van der Waals surface area contributed by atoms with Crippen molar-refractivity contribution in [1.29, 1.82) is 0 Å². The molecule has 1 saturated carbocycles. The number of rotatable bonds is 1. The number of pyridine rings is 1. The van der Waals surface area contributed by atoms with E-state index in [1.807, 2.05) is 17.2 Å². The molecule has 0 unspecified atom stereocenters. The minimum absolute atomic E-state index is 0.171. The Morgan fingerprint density at radius 1 is 0.970 bits per heavy atom.